The van der Waals surface area contributed by atoms with Gasteiger partial charge >= 0.3 is 0 Å². The smallest absolute Gasteiger partial charge is 0.259 e. The summed E-state index contributed by atoms with van der Waals surface area (Å²) in [6, 6.07) is 2.57. The lowest BCUT2D eigenvalue weighted by Crippen LogP contribution is -2.42. The van der Waals surface area contributed by atoms with Crippen LogP contribution in [0.3, 0.4) is 0 Å². The van der Waals surface area contributed by atoms with Gasteiger partial charge in [-0.05, 0) is 40.5 Å². The number of unbranched alkanes of at least 4 members (excludes halogenated alkanes) is 28. The number of rotatable bonds is 47. The van der Waals surface area contributed by atoms with Gasteiger partial charge < -0.3 is 24.4 Å². The van der Waals surface area contributed by atoms with Crippen LogP contribution in [-0.2, 0) is 23.4 Å². The average Bonchev–Trinajstić information content (AvgIpc) is 3.22. The number of nitrogens with zero attached hydrogens (tertiary/aromatic N) is 2. The molecule has 0 saturated heterocycles. The Hall–Kier alpha value is -1.30. The largest absolute Gasteiger partial charge is 0.372 e. The van der Waals surface area contributed by atoms with E-state index >= 15 is 0 Å². The molecule has 0 aromatic rings. The molecule has 1 atom stereocenters. The van der Waals surface area contributed by atoms with Gasteiger partial charge in [-0.25, -0.2) is 4.67 Å². The van der Waals surface area contributed by atoms with Gasteiger partial charge in [0.1, 0.15) is 0 Å². The molecule has 10 heteroatoms. The number of amides is 2. The zero-order valence-corrected chi connectivity index (χ0v) is 41.4. The van der Waals surface area contributed by atoms with Crippen LogP contribution in [0, 0.1) is 11.3 Å². The van der Waals surface area contributed by atoms with Crippen LogP contribution in [-0.4, -0.2) is 67.6 Å². The molecule has 2 amide bonds. The van der Waals surface area contributed by atoms with E-state index in [0.29, 0.717) is 52.2 Å². The molecule has 0 bridgehead atoms. The van der Waals surface area contributed by atoms with E-state index in [0.717, 1.165) is 25.7 Å². The quantitative estimate of drug-likeness (QED) is 0.0463. The number of ether oxygens (including phenoxy) is 1. The molecule has 0 saturated carbocycles. The predicted molar refractivity (Wildman–Crippen MR) is 256 cm³/mol. The Kier molecular flexibility index (Phi) is 44.7. The Morgan fingerprint density at radius 2 is 0.817 bits per heavy atom. The summed E-state index contributed by atoms with van der Waals surface area (Å²) < 4.78 is 20.6. The highest BCUT2D eigenvalue weighted by Gasteiger charge is 2.27. The van der Waals surface area contributed by atoms with Crippen LogP contribution in [0.15, 0.2) is 0 Å². The van der Waals surface area contributed by atoms with Crippen LogP contribution in [0.5, 0.6) is 0 Å². The monoisotopic (exact) mass is 867 g/mol. The van der Waals surface area contributed by atoms with E-state index in [1.54, 1.807) is 0 Å². The Morgan fingerprint density at radius 1 is 0.500 bits per heavy atom. The van der Waals surface area contributed by atoms with Gasteiger partial charge in [-0.15, -0.1) is 0 Å². The summed E-state index contributed by atoms with van der Waals surface area (Å²) >= 11 is 0. The number of hydrogen-bond donors (Lipinski definition) is 2. The molecule has 0 spiro atoms. The van der Waals surface area contributed by atoms with Crippen molar-refractivity contribution in [1.29, 1.82) is 5.26 Å². The molecule has 0 aliphatic rings. The molecular formula is C50H99N4O5P. The molecule has 0 fully saturated rings. The Labute approximate surface area is 373 Å². The molecule has 0 rings (SSSR count). The fraction of sp³-hybridized carbons (Fsp3) is 0.940. The van der Waals surface area contributed by atoms with Gasteiger partial charge in [-0.2, -0.15) is 5.26 Å². The number of nitrogens with one attached hydrogen (secondary N) is 2. The molecule has 60 heavy (non-hydrogen) atoms. The lowest BCUT2D eigenvalue weighted by molar-refractivity contribution is -0.122. The maximum absolute atomic E-state index is 12.8. The second kappa shape index (κ2) is 45.7. The fourth-order valence-electron chi connectivity index (χ4n) is 7.78. The summed E-state index contributed by atoms with van der Waals surface area (Å²) in [6.45, 7) is 14.6. The van der Waals surface area contributed by atoms with Crippen molar-refractivity contribution in [2.24, 2.45) is 0 Å². The van der Waals surface area contributed by atoms with Crippen LogP contribution < -0.4 is 10.6 Å². The number of carbonyl (C=O) groups is 2. The van der Waals surface area contributed by atoms with Crippen LogP contribution in [0.4, 0.5) is 0 Å². The summed E-state index contributed by atoms with van der Waals surface area (Å²) in [5.41, 5.74) is 0. The SMILES string of the molecule is CCCCCCCCCCCCCCCCCC(=O)NCC(CNC(=O)CCCCCCCCCCCCCCCCC)OCCOP(OCCC#N)N(C(C)C)C(C)C. The van der Waals surface area contributed by atoms with E-state index in [2.05, 4.69) is 62.9 Å². The first-order valence-electron chi connectivity index (χ1n) is 25.6. The summed E-state index contributed by atoms with van der Waals surface area (Å²) in [5, 5.41) is 15.2. The molecule has 1 unspecified atom stereocenters. The summed E-state index contributed by atoms with van der Waals surface area (Å²) in [5.74, 6) is 0.0789. The Bertz CT molecular complexity index is 923. The minimum atomic E-state index is -1.36. The Morgan fingerprint density at radius 3 is 1.13 bits per heavy atom. The molecule has 0 aromatic heterocycles. The van der Waals surface area contributed by atoms with E-state index in [1.807, 2.05) is 0 Å². The van der Waals surface area contributed by atoms with Gasteiger partial charge in [0.15, 0.2) is 0 Å². The number of carbonyl (C=O) groups excluding carboxylic acids is 2. The van der Waals surface area contributed by atoms with E-state index in [4.69, 9.17) is 19.0 Å². The van der Waals surface area contributed by atoms with Gasteiger partial charge in [-0.3, -0.25) is 9.59 Å². The van der Waals surface area contributed by atoms with Crippen molar-refractivity contribution in [3.05, 3.63) is 0 Å². The minimum absolute atomic E-state index is 0.0394. The fourth-order valence-corrected chi connectivity index (χ4v) is 9.35. The van der Waals surface area contributed by atoms with Crippen molar-refractivity contribution < 1.29 is 23.4 Å². The molecule has 2 N–H and O–H groups in total. The van der Waals surface area contributed by atoms with E-state index in [-0.39, 0.29) is 30.0 Å². The maximum atomic E-state index is 12.8. The highest BCUT2D eigenvalue weighted by Crippen LogP contribution is 2.45. The topological polar surface area (TPSA) is 113 Å². The summed E-state index contributed by atoms with van der Waals surface area (Å²) in [7, 11) is -1.36. The summed E-state index contributed by atoms with van der Waals surface area (Å²) in [4.78, 5) is 25.6. The molecule has 0 aromatic carbocycles. The minimum Gasteiger partial charge on any atom is -0.372 e. The molecule has 0 heterocycles. The predicted octanol–water partition coefficient (Wildman–Crippen LogP) is 14.4. The molecule has 354 valence electrons. The van der Waals surface area contributed by atoms with Crippen molar-refractivity contribution in [1.82, 2.24) is 15.3 Å². The van der Waals surface area contributed by atoms with Crippen molar-refractivity contribution in [2.75, 3.05) is 32.9 Å². The first kappa shape index (κ1) is 58.7. The highest BCUT2D eigenvalue weighted by atomic mass is 31.2. The zero-order chi connectivity index (χ0) is 44.2. The van der Waals surface area contributed by atoms with Crippen LogP contribution in [0.1, 0.15) is 253 Å². The number of nitriles is 1. The van der Waals surface area contributed by atoms with Gasteiger partial charge in [0.2, 0.25) is 11.8 Å². The third-order valence-corrected chi connectivity index (χ3v) is 13.5. The normalized spacial score (nSPS) is 12.2. The highest BCUT2D eigenvalue weighted by molar-refractivity contribution is 7.44. The van der Waals surface area contributed by atoms with Gasteiger partial charge in [-0.1, -0.05) is 194 Å². The second-order valence-corrected chi connectivity index (χ2v) is 19.3. The van der Waals surface area contributed by atoms with Gasteiger partial charge in [0.25, 0.3) is 8.53 Å². The molecule has 0 aliphatic carbocycles. The van der Waals surface area contributed by atoms with Crippen molar-refractivity contribution in [2.45, 2.75) is 272 Å². The van der Waals surface area contributed by atoms with Crippen LogP contribution in [0.25, 0.3) is 0 Å². The molecule has 0 radical (unpaired) electrons. The van der Waals surface area contributed by atoms with Crippen molar-refractivity contribution in [3.8, 4) is 6.07 Å². The Balaban J connectivity index is 4.56. The first-order chi connectivity index (χ1) is 29.3. The lowest BCUT2D eigenvalue weighted by Gasteiger charge is -2.35. The third-order valence-electron chi connectivity index (χ3n) is 11.4. The van der Waals surface area contributed by atoms with E-state index in [9.17, 15) is 9.59 Å². The number of hydrogen-bond acceptors (Lipinski definition) is 7. The second-order valence-electron chi connectivity index (χ2n) is 17.9. The first-order valence-corrected chi connectivity index (χ1v) is 26.8. The third kappa shape index (κ3) is 39.5. The molecule has 9 nitrogen and oxygen atoms in total. The van der Waals surface area contributed by atoms with Gasteiger partial charge in [0.05, 0.1) is 38.4 Å². The lowest BCUT2D eigenvalue weighted by atomic mass is 10.0. The summed E-state index contributed by atoms with van der Waals surface area (Å²) in [6.07, 6.45) is 40.1. The standard InChI is InChI=1S/C50H99N4O5P/c1-7-9-11-13-15-17-19-21-23-25-27-29-31-33-35-38-49(55)52-44-48(57-42-43-59-60(58-41-37-40-51)54(46(3)4)47(5)6)45-53-50(56)39-36-34-32-30-28-26-24-22-20-18-16-14-12-10-8-2/h46-48H,7-39,41-45H2,1-6H3,(H,52,55)(H,53,56). The van der Waals surface area contributed by atoms with E-state index in [1.165, 1.54) is 167 Å². The van der Waals surface area contributed by atoms with Crippen molar-refractivity contribution >= 4 is 20.3 Å². The van der Waals surface area contributed by atoms with Crippen LogP contribution in [0.2, 0.25) is 0 Å². The van der Waals surface area contributed by atoms with Crippen molar-refractivity contribution in [3.63, 3.8) is 0 Å². The van der Waals surface area contributed by atoms with E-state index < -0.39 is 8.53 Å². The molecular weight excluding hydrogens is 768 g/mol. The zero-order valence-electron chi connectivity index (χ0n) is 40.5. The maximum Gasteiger partial charge on any atom is 0.259 e. The average molecular weight is 867 g/mol. The van der Waals surface area contributed by atoms with Crippen LogP contribution >= 0.6 is 8.53 Å². The van der Waals surface area contributed by atoms with Gasteiger partial charge in [0, 0.05) is 38.0 Å². The molecule has 0 aliphatic heterocycles.